The van der Waals surface area contributed by atoms with Crippen LogP contribution < -0.4 is 0 Å². The highest BCUT2D eigenvalue weighted by molar-refractivity contribution is 5.29. The molecule has 0 radical (unpaired) electrons. The second-order valence-corrected chi connectivity index (χ2v) is 10.5. The molecule has 2 aliphatic carbocycles. The first-order chi connectivity index (χ1) is 15.2. The minimum Gasteiger partial charge on any atom is -0.251 e. The standard InChI is InChI=1S/C30H41F/c1-23-4-14-27(15-5-23)28-18-10-25(11-19-28)6-7-26-12-20-30(21-13-26)29-16-8-24(9-17-29)3-2-22-31/h10-13,18-21,23-24,27,29H,2-9,14-17,22H2,1H3. The van der Waals surface area contributed by atoms with Crippen LogP contribution in [-0.2, 0) is 12.8 Å². The van der Waals surface area contributed by atoms with E-state index in [0.717, 1.165) is 43.4 Å². The van der Waals surface area contributed by atoms with E-state index in [9.17, 15) is 4.39 Å². The van der Waals surface area contributed by atoms with Crippen molar-refractivity contribution in [3.8, 4) is 0 Å². The van der Waals surface area contributed by atoms with Gasteiger partial charge in [0.05, 0.1) is 6.67 Å². The van der Waals surface area contributed by atoms with E-state index in [1.165, 1.54) is 68.1 Å². The van der Waals surface area contributed by atoms with Crippen LogP contribution in [0.4, 0.5) is 4.39 Å². The summed E-state index contributed by atoms with van der Waals surface area (Å²) in [6.45, 7) is 2.25. The van der Waals surface area contributed by atoms with Crippen molar-refractivity contribution < 1.29 is 4.39 Å². The lowest BCUT2D eigenvalue weighted by molar-refractivity contribution is 0.293. The van der Waals surface area contributed by atoms with Crippen molar-refractivity contribution in [1.82, 2.24) is 0 Å². The normalized spacial score (nSPS) is 26.6. The van der Waals surface area contributed by atoms with E-state index in [4.69, 9.17) is 0 Å². The lowest BCUT2D eigenvalue weighted by Crippen LogP contribution is -2.13. The van der Waals surface area contributed by atoms with E-state index < -0.39 is 0 Å². The molecule has 1 heteroatoms. The lowest BCUT2D eigenvalue weighted by atomic mass is 9.77. The summed E-state index contributed by atoms with van der Waals surface area (Å²) in [5, 5.41) is 0. The summed E-state index contributed by atoms with van der Waals surface area (Å²) in [7, 11) is 0. The molecule has 2 fully saturated rings. The van der Waals surface area contributed by atoms with Crippen LogP contribution in [0.3, 0.4) is 0 Å². The Kier molecular flexibility index (Phi) is 8.22. The molecule has 0 aliphatic heterocycles. The Morgan fingerprint density at radius 1 is 0.645 bits per heavy atom. The quantitative estimate of drug-likeness (QED) is 0.400. The molecule has 2 aliphatic rings. The largest absolute Gasteiger partial charge is 0.251 e. The van der Waals surface area contributed by atoms with Crippen LogP contribution in [-0.4, -0.2) is 6.67 Å². The van der Waals surface area contributed by atoms with Crippen LogP contribution in [0, 0.1) is 11.8 Å². The summed E-state index contributed by atoms with van der Waals surface area (Å²) in [5.74, 6) is 3.19. The van der Waals surface area contributed by atoms with Gasteiger partial charge in [0.25, 0.3) is 0 Å². The Morgan fingerprint density at radius 2 is 1.10 bits per heavy atom. The Bertz CT molecular complexity index is 759. The fourth-order valence-electron chi connectivity index (χ4n) is 5.95. The van der Waals surface area contributed by atoms with Crippen LogP contribution >= 0.6 is 0 Å². The molecule has 2 aromatic carbocycles. The molecule has 2 saturated carbocycles. The molecule has 2 aromatic rings. The molecule has 0 heterocycles. The predicted molar refractivity (Wildman–Crippen MR) is 131 cm³/mol. The van der Waals surface area contributed by atoms with Crippen molar-refractivity contribution in [2.45, 2.75) is 95.8 Å². The van der Waals surface area contributed by atoms with Crippen molar-refractivity contribution in [2.24, 2.45) is 11.8 Å². The molecular formula is C30H41F. The minimum atomic E-state index is -0.147. The van der Waals surface area contributed by atoms with E-state index in [0.29, 0.717) is 5.92 Å². The van der Waals surface area contributed by atoms with Gasteiger partial charge in [-0.15, -0.1) is 0 Å². The minimum absolute atomic E-state index is 0.147. The summed E-state index contributed by atoms with van der Waals surface area (Å²) >= 11 is 0. The lowest BCUT2D eigenvalue weighted by Gasteiger charge is -2.28. The predicted octanol–water partition coefficient (Wildman–Crippen LogP) is 8.79. The van der Waals surface area contributed by atoms with Gasteiger partial charge in [-0.2, -0.15) is 0 Å². The Labute approximate surface area is 189 Å². The zero-order valence-electron chi connectivity index (χ0n) is 19.5. The molecule has 0 nitrogen and oxygen atoms in total. The van der Waals surface area contributed by atoms with Crippen LogP contribution in [0.2, 0.25) is 0 Å². The second kappa shape index (κ2) is 11.3. The fraction of sp³-hybridized carbons (Fsp3) is 0.600. The van der Waals surface area contributed by atoms with Gasteiger partial charge < -0.3 is 0 Å². The Hall–Kier alpha value is -1.63. The first-order valence-corrected chi connectivity index (χ1v) is 12.9. The van der Waals surface area contributed by atoms with Gasteiger partial charge in [-0.05, 0) is 110 Å². The summed E-state index contributed by atoms with van der Waals surface area (Å²) in [4.78, 5) is 0. The molecule has 0 aromatic heterocycles. The summed E-state index contributed by atoms with van der Waals surface area (Å²) in [6, 6.07) is 19.0. The van der Waals surface area contributed by atoms with Gasteiger partial charge in [-0.3, -0.25) is 4.39 Å². The zero-order valence-corrected chi connectivity index (χ0v) is 19.5. The number of hydrogen-bond donors (Lipinski definition) is 0. The number of rotatable bonds is 8. The molecule has 0 bridgehead atoms. The molecule has 0 spiro atoms. The van der Waals surface area contributed by atoms with Crippen molar-refractivity contribution in [2.75, 3.05) is 6.67 Å². The highest BCUT2D eigenvalue weighted by Crippen LogP contribution is 2.38. The Balaban J connectivity index is 1.23. The van der Waals surface area contributed by atoms with Crippen LogP contribution in [0.25, 0.3) is 0 Å². The third-order valence-electron chi connectivity index (χ3n) is 8.21. The molecule has 4 rings (SSSR count). The van der Waals surface area contributed by atoms with Crippen molar-refractivity contribution >= 4 is 0 Å². The number of aryl methyl sites for hydroxylation is 2. The first kappa shape index (κ1) is 22.6. The summed E-state index contributed by atoms with van der Waals surface area (Å²) in [5.41, 5.74) is 5.98. The topological polar surface area (TPSA) is 0 Å². The molecule has 0 unspecified atom stereocenters. The number of hydrogen-bond acceptors (Lipinski definition) is 0. The SMILES string of the molecule is CC1CCC(c2ccc(CCc3ccc(C4CCC(CCCF)CC4)cc3)cc2)CC1. The van der Waals surface area contributed by atoms with Crippen molar-refractivity contribution in [1.29, 1.82) is 0 Å². The fourth-order valence-corrected chi connectivity index (χ4v) is 5.95. The second-order valence-electron chi connectivity index (χ2n) is 10.5. The van der Waals surface area contributed by atoms with Gasteiger partial charge in [-0.25, -0.2) is 0 Å². The van der Waals surface area contributed by atoms with Crippen LogP contribution in [0.15, 0.2) is 48.5 Å². The number of halogens is 1. The van der Waals surface area contributed by atoms with Gasteiger partial charge in [-0.1, -0.05) is 68.3 Å². The Morgan fingerprint density at radius 3 is 1.55 bits per heavy atom. The van der Waals surface area contributed by atoms with Gasteiger partial charge in [0.2, 0.25) is 0 Å². The van der Waals surface area contributed by atoms with Gasteiger partial charge >= 0.3 is 0 Å². The third-order valence-corrected chi connectivity index (χ3v) is 8.21. The number of benzene rings is 2. The third kappa shape index (κ3) is 6.43. The van der Waals surface area contributed by atoms with Gasteiger partial charge in [0.1, 0.15) is 0 Å². The first-order valence-electron chi connectivity index (χ1n) is 12.9. The zero-order chi connectivity index (χ0) is 21.5. The van der Waals surface area contributed by atoms with Crippen molar-refractivity contribution in [3.05, 3.63) is 70.8 Å². The molecule has 0 atom stereocenters. The van der Waals surface area contributed by atoms with E-state index in [-0.39, 0.29) is 6.67 Å². The highest BCUT2D eigenvalue weighted by Gasteiger charge is 2.22. The molecule has 168 valence electrons. The number of alkyl halides is 1. The van der Waals surface area contributed by atoms with Crippen LogP contribution in [0.5, 0.6) is 0 Å². The van der Waals surface area contributed by atoms with Crippen LogP contribution in [0.1, 0.15) is 105 Å². The molecule has 31 heavy (non-hydrogen) atoms. The smallest absolute Gasteiger partial charge is 0.0894 e. The molecule has 0 N–H and O–H groups in total. The highest BCUT2D eigenvalue weighted by atomic mass is 19.1. The van der Waals surface area contributed by atoms with E-state index >= 15 is 0 Å². The monoisotopic (exact) mass is 420 g/mol. The molecular weight excluding hydrogens is 379 g/mol. The van der Waals surface area contributed by atoms with E-state index in [1.54, 1.807) is 5.56 Å². The molecule has 0 amide bonds. The van der Waals surface area contributed by atoms with Crippen molar-refractivity contribution in [3.63, 3.8) is 0 Å². The maximum absolute atomic E-state index is 12.4. The average Bonchev–Trinajstić information content (AvgIpc) is 2.83. The maximum Gasteiger partial charge on any atom is 0.0894 e. The van der Waals surface area contributed by atoms with E-state index in [2.05, 4.69) is 55.5 Å². The van der Waals surface area contributed by atoms with E-state index in [1.807, 2.05) is 0 Å². The maximum atomic E-state index is 12.4. The van der Waals surface area contributed by atoms with Gasteiger partial charge in [0.15, 0.2) is 0 Å². The summed E-state index contributed by atoms with van der Waals surface area (Å²) in [6.07, 6.45) is 14.7. The summed E-state index contributed by atoms with van der Waals surface area (Å²) < 4.78 is 12.4. The average molecular weight is 421 g/mol. The van der Waals surface area contributed by atoms with Gasteiger partial charge in [0, 0.05) is 0 Å². The molecule has 0 saturated heterocycles.